The average molecular weight is 469 g/mol. The second-order valence-corrected chi connectivity index (χ2v) is 8.21. The molecule has 0 aliphatic rings. The molecule has 3 aromatic carbocycles. The van der Waals surface area contributed by atoms with Crippen LogP contribution in [-0.2, 0) is 16.6 Å². The van der Waals surface area contributed by atoms with Gasteiger partial charge in [-0.05, 0) is 48.4 Å². The molecule has 0 saturated heterocycles. The minimum Gasteiger partial charge on any atom is -0.497 e. The van der Waals surface area contributed by atoms with E-state index in [-0.39, 0.29) is 11.8 Å². The highest BCUT2D eigenvalue weighted by Gasteiger charge is 2.25. The molecule has 35 heavy (non-hydrogen) atoms. The van der Waals surface area contributed by atoms with E-state index in [0.29, 0.717) is 5.82 Å². The molecule has 2 N–H and O–H groups in total. The Bertz CT molecular complexity index is 1340. The first-order valence-corrected chi connectivity index (χ1v) is 11.4. The van der Waals surface area contributed by atoms with Gasteiger partial charge in [0.2, 0.25) is 11.8 Å². The van der Waals surface area contributed by atoms with Gasteiger partial charge in [-0.2, -0.15) is 0 Å². The van der Waals surface area contributed by atoms with Gasteiger partial charge in [0.1, 0.15) is 23.7 Å². The predicted octanol–water partition coefficient (Wildman–Crippen LogP) is 4.01. The first-order valence-electron chi connectivity index (χ1n) is 11.4. The van der Waals surface area contributed by atoms with Crippen molar-refractivity contribution in [3.63, 3.8) is 0 Å². The summed E-state index contributed by atoms with van der Waals surface area (Å²) in [6.45, 7) is 1.66. The van der Waals surface area contributed by atoms with Gasteiger partial charge in [0.25, 0.3) is 0 Å². The topological polar surface area (TPSA) is 85.2 Å². The Balaban J connectivity index is 1.48. The lowest BCUT2D eigenvalue weighted by molar-refractivity contribution is -0.127. The molecule has 0 fully saturated rings. The van der Waals surface area contributed by atoms with Gasteiger partial charge in [-0.3, -0.25) is 9.59 Å². The highest BCUT2D eigenvalue weighted by molar-refractivity contribution is 5.95. The number of amides is 2. The maximum Gasteiger partial charge on any atom is 0.244 e. The minimum absolute atomic E-state index is 0.308. The Morgan fingerprint density at radius 2 is 1.63 bits per heavy atom. The monoisotopic (exact) mass is 468 g/mol. The van der Waals surface area contributed by atoms with Gasteiger partial charge < -0.3 is 19.9 Å². The largest absolute Gasteiger partial charge is 0.497 e. The van der Waals surface area contributed by atoms with Crippen molar-refractivity contribution in [2.75, 3.05) is 7.11 Å². The molecule has 178 valence electrons. The molecule has 1 aromatic heterocycles. The van der Waals surface area contributed by atoms with Crippen molar-refractivity contribution in [3.8, 4) is 5.75 Å². The molecule has 2 unspecified atom stereocenters. The summed E-state index contributed by atoms with van der Waals surface area (Å²) in [5, 5.41) is 5.80. The molecule has 4 aromatic rings. The zero-order valence-electron chi connectivity index (χ0n) is 19.9. The van der Waals surface area contributed by atoms with Gasteiger partial charge in [0.15, 0.2) is 0 Å². The van der Waals surface area contributed by atoms with E-state index < -0.39 is 12.1 Å². The second kappa shape index (κ2) is 10.7. The Morgan fingerprint density at radius 3 is 2.31 bits per heavy atom. The number of aryl methyl sites for hydroxylation is 1. The van der Waals surface area contributed by atoms with E-state index in [4.69, 9.17) is 9.72 Å². The summed E-state index contributed by atoms with van der Waals surface area (Å²) in [5.41, 5.74) is 3.58. The number of methoxy groups -OCH3 is 1. The summed E-state index contributed by atoms with van der Waals surface area (Å²) >= 11 is 0. The molecule has 0 saturated carbocycles. The highest BCUT2D eigenvalue weighted by atomic mass is 16.5. The maximum absolute atomic E-state index is 13.1. The van der Waals surface area contributed by atoms with Crippen LogP contribution in [0.2, 0.25) is 0 Å². The van der Waals surface area contributed by atoms with Crippen LogP contribution < -0.4 is 15.4 Å². The number of para-hydroxylation sites is 2. The van der Waals surface area contributed by atoms with E-state index in [2.05, 4.69) is 10.6 Å². The zero-order valence-corrected chi connectivity index (χ0v) is 19.9. The predicted molar refractivity (Wildman–Crippen MR) is 137 cm³/mol. The molecular formula is C28H28N4O3. The van der Waals surface area contributed by atoms with Gasteiger partial charge in [-0.1, -0.05) is 54.6 Å². The van der Waals surface area contributed by atoms with Crippen molar-refractivity contribution in [1.29, 1.82) is 0 Å². The molecule has 2 amide bonds. The highest BCUT2D eigenvalue weighted by Crippen LogP contribution is 2.25. The van der Waals surface area contributed by atoms with Crippen molar-refractivity contribution < 1.29 is 14.3 Å². The third-order valence-corrected chi connectivity index (χ3v) is 5.79. The van der Waals surface area contributed by atoms with Crippen molar-refractivity contribution in [2.45, 2.75) is 19.0 Å². The summed E-state index contributed by atoms with van der Waals surface area (Å²) in [7, 11) is 3.53. The Kier molecular flexibility index (Phi) is 7.26. The number of nitrogens with one attached hydrogen (secondary N) is 2. The fourth-order valence-corrected chi connectivity index (χ4v) is 3.85. The van der Waals surface area contributed by atoms with Crippen LogP contribution in [0.4, 0.5) is 0 Å². The number of hydrogen-bond acceptors (Lipinski definition) is 4. The zero-order chi connectivity index (χ0) is 24.8. The SMILES string of the molecule is COc1ccc(/C=C/C(=O)NC(C)C(=O)NC(c2ccccc2)c2nc3ccccc3n2C)cc1. The van der Waals surface area contributed by atoms with Gasteiger partial charge in [0.05, 0.1) is 18.1 Å². The number of carbonyl (C=O) groups is 2. The van der Waals surface area contributed by atoms with E-state index in [1.54, 1.807) is 20.1 Å². The third-order valence-electron chi connectivity index (χ3n) is 5.79. The summed E-state index contributed by atoms with van der Waals surface area (Å²) in [5.74, 6) is 0.786. The van der Waals surface area contributed by atoms with Gasteiger partial charge in [0, 0.05) is 13.1 Å². The van der Waals surface area contributed by atoms with E-state index in [9.17, 15) is 9.59 Å². The van der Waals surface area contributed by atoms with E-state index in [1.807, 2.05) is 90.5 Å². The molecule has 7 heteroatoms. The summed E-state index contributed by atoms with van der Waals surface area (Å²) in [6, 6.07) is 23.6. The van der Waals surface area contributed by atoms with Crippen LogP contribution >= 0.6 is 0 Å². The Labute approximate surface area is 204 Å². The fourth-order valence-electron chi connectivity index (χ4n) is 3.85. The van der Waals surface area contributed by atoms with Crippen LogP contribution in [0.1, 0.15) is 29.9 Å². The summed E-state index contributed by atoms with van der Waals surface area (Å²) in [6.07, 6.45) is 3.09. The molecule has 0 radical (unpaired) electrons. The minimum atomic E-state index is -0.746. The van der Waals surface area contributed by atoms with Gasteiger partial charge in [-0.15, -0.1) is 0 Å². The summed E-state index contributed by atoms with van der Waals surface area (Å²) < 4.78 is 7.12. The van der Waals surface area contributed by atoms with Crippen molar-refractivity contribution in [2.24, 2.45) is 7.05 Å². The number of rotatable bonds is 8. The number of hydrogen-bond donors (Lipinski definition) is 2. The standard InChI is InChI=1S/C28H28N4O3/c1-19(29-25(33)18-15-20-13-16-22(35-3)17-14-20)28(34)31-26(21-9-5-4-6-10-21)27-30-23-11-7-8-12-24(23)32(27)2/h4-19,26H,1-3H3,(H,29,33)(H,31,34)/b18-15+. The number of nitrogens with zero attached hydrogens (tertiary/aromatic N) is 2. The lowest BCUT2D eigenvalue weighted by Crippen LogP contribution is -2.46. The second-order valence-electron chi connectivity index (χ2n) is 8.21. The molecule has 0 aliphatic carbocycles. The summed E-state index contributed by atoms with van der Waals surface area (Å²) in [4.78, 5) is 30.3. The first-order chi connectivity index (χ1) is 17.0. The molecule has 0 spiro atoms. The molecule has 1 heterocycles. The van der Waals surface area contributed by atoms with Crippen LogP contribution in [0.15, 0.2) is 84.9 Å². The molecule has 0 aliphatic heterocycles. The molecule has 2 atom stereocenters. The first kappa shape index (κ1) is 23.8. The van der Waals surface area contributed by atoms with Crippen LogP contribution in [0.5, 0.6) is 5.75 Å². The molecule has 4 rings (SSSR count). The lowest BCUT2D eigenvalue weighted by atomic mass is 10.1. The Hall–Kier alpha value is -4.39. The number of benzene rings is 3. The molecule has 7 nitrogen and oxygen atoms in total. The quantitative estimate of drug-likeness (QED) is 0.383. The van der Waals surface area contributed by atoms with Crippen LogP contribution in [-0.4, -0.2) is 34.5 Å². The van der Waals surface area contributed by atoms with Crippen molar-refractivity contribution in [3.05, 3.63) is 102 Å². The fraction of sp³-hybridized carbons (Fsp3) is 0.179. The van der Waals surface area contributed by atoms with Crippen LogP contribution in [0, 0.1) is 0 Å². The van der Waals surface area contributed by atoms with Crippen LogP contribution in [0.25, 0.3) is 17.1 Å². The third kappa shape index (κ3) is 5.58. The smallest absolute Gasteiger partial charge is 0.244 e. The number of aromatic nitrogens is 2. The number of fused-ring (bicyclic) bond motifs is 1. The van der Waals surface area contributed by atoms with E-state index >= 15 is 0 Å². The average Bonchev–Trinajstić information content (AvgIpc) is 3.22. The number of ether oxygens (including phenoxy) is 1. The number of imidazole rings is 1. The maximum atomic E-state index is 13.1. The lowest BCUT2D eigenvalue weighted by Gasteiger charge is -2.22. The van der Waals surface area contributed by atoms with Gasteiger partial charge >= 0.3 is 0 Å². The molecule has 0 bridgehead atoms. The number of carbonyl (C=O) groups excluding carboxylic acids is 2. The van der Waals surface area contributed by atoms with Crippen molar-refractivity contribution in [1.82, 2.24) is 20.2 Å². The molecular weight excluding hydrogens is 440 g/mol. The van der Waals surface area contributed by atoms with E-state index in [1.165, 1.54) is 6.08 Å². The normalized spacial score (nSPS) is 12.9. The van der Waals surface area contributed by atoms with Crippen molar-refractivity contribution >= 4 is 28.9 Å². The Morgan fingerprint density at radius 1 is 0.943 bits per heavy atom. The van der Waals surface area contributed by atoms with Crippen LogP contribution in [0.3, 0.4) is 0 Å². The van der Waals surface area contributed by atoms with E-state index in [0.717, 1.165) is 27.9 Å². The van der Waals surface area contributed by atoms with Gasteiger partial charge in [-0.25, -0.2) is 4.98 Å².